The number of halogens is 1. The fourth-order valence-corrected chi connectivity index (χ4v) is 2.48. The number of pyridine rings is 1. The van der Waals surface area contributed by atoms with E-state index in [0.717, 1.165) is 11.3 Å². The van der Waals surface area contributed by atoms with E-state index in [4.69, 9.17) is 0 Å². The van der Waals surface area contributed by atoms with E-state index in [-0.39, 0.29) is 11.5 Å². The molecule has 3 rings (SSSR count). The maximum Gasteiger partial charge on any atom is 0.287 e. The van der Waals surface area contributed by atoms with Crippen LogP contribution in [-0.2, 0) is 0 Å². The molecule has 0 amide bonds. The van der Waals surface area contributed by atoms with Gasteiger partial charge in [0.15, 0.2) is 5.16 Å². The van der Waals surface area contributed by atoms with Gasteiger partial charge >= 0.3 is 0 Å². The predicted molar refractivity (Wildman–Crippen MR) is 79.0 cm³/mol. The lowest BCUT2D eigenvalue weighted by molar-refractivity contribution is -0.385. The molecule has 1 aromatic carbocycles. The summed E-state index contributed by atoms with van der Waals surface area (Å²) in [6.45, 7) is 0. The van der Waals surface area contributed by atoms with Gasteiger partial charge in [-0.2, -0.15) is 0 Å². The van der Waals surface area contributed by atoms with Crippen LogP contribution >= 0.6 is 11.8 Å². The van der Waals surface area contributed by atoms with Crippen LogP contribution in [-0.4, -0.2) is 19.9 Å². The number of nitro groups is 1. The Balaban J connectivity index is 1.76. The van der Waals surface area contributed by atoms with Gasteiger partial charge in [-0.3, -0.25) is 10.1 Å². The Hall–Kier alpha value is -2.74. The van der Waals surface area contributed by atoms with Gasteiger partial charge in [0.1, 0.15) is 17.0 Å². The summed E-state index contributed by atoms with van der Waals surface area (Å²) in [5.74, 6) is -0.298. The molecule has 0 saturated heterocycles. The largest absolute Gasteiger partial charge is 0.333 e. The molecular formula is C14H9FN4O2S. The van der Waals surface area contributed by atoms with Crippen molar-refractivity contribution in [1.29, 1.82) is 0 Å². The van der Waals surface area contributed by atoms with Crippen LogP contribution in [0.4, 0.5) is 10.1 Å². The molecule has 110 valence electrons. The minimum Gasteiger partial charge on any atom is -0.333 e. The molecule has 0 fully saturated rings. The number of H-pyrrole nitrogens is 1. The molecule has 2 heterocycles. The summed E-state index contributed by atoms with van der Waals surface area (Å²) in [4.78, 5) is 21.4. The van der Waals surface area contributed by atoms with Crippen LogP contribution in [0.5, 0.6) is 0 Å². The van der Waals surface area contributed by atoms with Gasteiger partial charge in [-0.05, 0) is 47.7 Å². The van der Waals surface area contributed by atoms with Crippen molar-refractivity contribution in [2.45, 2.75) is 10.2 Å². The van der Waals surface area contributed by atoms with Crippen molar-refractivity contribution in [3.63, 3.8) is 0 Å². The number of rotatable bonds is 4. The first-order chi connectivity index (χ1) is 10.6. The van der Waals surface area contributed by atoms with Gasteiger partial charge in [0, 0.05) is 6.07 Å². The Labute approximate surface area is 128 Å². The molecule has 0 aliphatic carbocycles. The molecule has 0 radical (unpaired) electrons. The Morgan fingerprint density at radius 1 is 1.09 bits per heavy atom. The third-order valence-corrected chi connectivity index (χ3v) is 3.69. The van der Waals surface area contributed by atoms with Gasteiger partial charge in [0.25, 0.3) is 5.69 Å². The minimum atomic E-state index is -0.499. The average Bonchev–Trinajstić information content (AvgIpc) is 2.97. The van der Waals surface area contributed by atoms with Crippen LogP contribution in [0.25, 0.3) is 11.3 Å². The van der Waals surface area contributed by atoms with E-state index in [1.165, 1.54) is 36.2 Å². The van der Waals surface area contributed by atoms with Crippen LogP contribution in [0.3, 0.4) is 0 Å². The fourth-order valence-electron chi connectivity index (χ4n) is 1.77. The zero-order valence-corrected chi connectivity index (χ0v) is 11.9. The molecule has 6 nitrogen and oxygen atoms in total. The fraction of sp³-hybridized carbons (Fsp3) is 0. The Morgan fingerprint density at radius 3 is 2.50 bits per heavy atom. The first kappa shape index (κ1) is 14.2. The summed E-state index contributed by atoms with van der Waals surface area (Å²) < 4.78 is 12.9. The number of nitrogens with zero attached hydrogens (tertiary/aromatic N) is 3. The van der Waals surface area contributed by atoms with E-state index < -0.39 is 4.92 Å². The Kier molecular flexibility index (Phi) is 3.84. The smallest absolute Gasteiger partial charge is 0.287 e. The summed E-state index contributed by atoms with van der Waals surface area (Å²) in [5, 5.41) is 11.8. The average molecular weight is 316 g/mol. The third kappa shape index (κ3) is 3.12. The molecule has 0 atom stereocenters. The summed E-state index contributed by atoms with van der Waals surface area (Å²) >= 11 is 1.25. The highest BCUT2D eigenvalue weighted by Crippen LogP contribution is 2.27. The van der Waals surface area contributed by atoms with Gasteiger partial charge in [-0.1, -0.05) is 0 Å². The van der Waals surface area contributed by atoms with E-state index in [9.17, 15) is 14.5 Å². The maximum atomic E-state index is 12.9. The highest BCUT2D eigenvalue weighted by Gasteiger charge is 2.09. The lowest BCUT2D eigenvalue weighted by Gasteiger charge is -1.98. The van der Waals surface area contributed by atoms with Crippen LogP contribution in [0.15, 0.2) is 59.0 Å². The van der Waals surface area contributed by atoms with Gasteiger partial charge in [-0.15, -0.1) is 0 Å². The van der Waals surface area contributed by atoms with E-state index in [1.54, 1.807) is 24.4 Å². The molecule has 0 bridgehead atoms. The van der Waals surface area contributed by atoms with Crippen molar-refractivity contribution in [3.05, 3.63) is 64.7 Å². The van der Waals surface area contributed by atoms with Crippen molar-refractivity contribution in [1.82, 2.24) is 15.0 Å². The molecule has 0 unspecified atom stereocenters. The minimum absolute atomic E-state index is 0.0594. The second-order valence-corrected chi connectivity index (χ2v) is 5.33. The molecule has 0 spiro atoms. The van der Waals surface area contributed by atoms with Crippen LogP contribution in [0, 0.1) is 15.9 Å². The quantitative estimate of drug-likeness (QED) is 0.586. The monoisotopic (exact) mass is 316 g/mol. The van der Waals surface area contributed by atoms with E-state index in [0.29, 0.717) is 10.2 Å². The number of aromatic amines is 1. The number of aromatic nitrogens is 3. The predicted octanol–water partition coefficient (Wildman–Crippen LogP) is 3.67. The molecule has 22 heavy (non-hydrogen) atoms. The molecule has 1 N–H and O–H groups in total. The number of nitrogens with one attached hydrogen (secondary N) is 1. The van der Waals surface area contributed by atoms with E-state index >= 15 is 0 Å². The van der Waals surface area contributed by atoms with Crippen molar-refractivity contribution < 1.29 is 9.31 Å². The second-order valence-electron chi connectivity index (χ2n) is 4.32. The van der Waals surface area contributed by atoms with Crippen molar-refractivity contribution in [3.8, 4) is 11.3 Å². The van der Waals surface area contributed by atoms with Crippen LogP contribution < -0.4 is 0 Å². The summed E-state index contributed by atoms with van der Waals surface area (Å²) in [6.07, 6.45) is 2.84. The van der Waals surface area contributed by atoms with Crippen molar-refractivity contribution >= 4 is 17.4 Å². The Morgan fingerprint density at radius 2 is 1.86 bits per heavy atom. The SMILES string of the molecule is O=[N+]([O-])c1ccc(Sc2ncc(-c3ccc(F)cc3)[nH]2)nc1. The van der Waals surface area contributed by atoms with E-state index in [1.807, 2.05) is 0 Å². The Bertz CT molecular complexity index is 802. The molecule has 0 aliphatic rings. The lowest BCUT2D eigenvalue weighted by Crippen LogP contribution is -1.89. The zero-order valence-electron chi connectivity index (χ0n) is 11.1. The van der Waals surface area contributed by atoms with E-state index in [2.05, 4.69) is 15.0 Å². The molecule has 0 aliphatic heterocycles. The lowest BCUT2D eigenvalue weighted by atomic mass is 10.2. The molecule has 3 aromatic rings. The van der Waals surface area contributed by atoms with Crippen LogP contribution in [0.1, 0.15) is 0 Å². The first-order valence-electron chi connectivity index (χ1n) is 6.21. The highest BCUT2D eigenvalue weighted by atomic mass is 32.2. The van der Waals surface area contributed by atoms with Crippen molar-refractivity contribution in [2.24, 2.45) is 0 Å². The van der Waals surface area contributed by atoms with Gasteiger partial charge in [-0.25, -0.2) is 14.4 Å². The van der Waals surface area contributed by atoms with Gasteiger partial charge < -0.3 is 4.98 Å². The topological polar surface area (TPSA) is 84.7 Å². The molecular weight excluding hydrogens is 307 g/mol. The second kappa shape index (κ2) is 5.94. The number of benzene rings is 1. The standard InChI is InChI=1S/C14H9FN4O2S/c15-10-3-1-9(2-4-10)12-8-17-14(18-12)22-13-6-5-11(7-16-13)19(20)21/h1-8H,(H,17,18). The maximum absolute atomic E-state index is 12.9. The number of hydrogen-bond acceptors (Lipinski definition) is 5. The zero-order chi connectivity index (χ0) is 15.5. The van der Waals surface area contributed by atoms with Crippen LogP contribution in [0.2, 0.25) is 0 Å². The highest BCUT2D eigenvalue weighted by molar-refractivity contribution is 7.99. The summed E-state index contributed by atoms with van der Waals surface area (Å²) in [7, 11) is 0. The molecule has 0 saturated carbocycles. The van der Waals surface area contributed by atoms with Gasteiger partial charge in [0.2, 0.25) is 0 Å². The molecule has 2 aromatic heterocycles. The van der Waals surface area contributed by atoms with Gasteiger partial charge in [0.05, 0.1) is 16.8 Å². The number of hydrogen-bond donors (Lipinski definition) is 1. The first-order valence-corrected chi connectivity index (χ1v) is 7.03. The third-order valence-electron chi connectivity index (χ3n) is 2.84. The summed E-state index contributed by atoms with van der Waals surface area (Å²) in [5.41, 5.74) is 1.51. The molecule has 8 heteroatoms. The van der Waals surface area contributed by atoms with Crippen molar-refractivity contribution in [2.75, 3.05) is 0 Å². The normalized spacial score (nSPS) is 10.6. The number of imidazole rings is 1. The summed E-state index contributed by atoms with van der Waals surface area (Å²) in [6, 6.07) is 9.01.